The van der Waals surface area contributed by atoms with Crippen LogP contribution >= 0.6 is 11.3 Å². The number of hydrogen-bond acceptors (Lipinski definition) is 3. The zero-order valence-corrected chi connectivity index (χ0v) is 12.3. The predicted octanol–water partition coefficient (Wildman–Crippen LogP) is 3.62. The maximum Gasteiger partial charge on any atom is 0.186 e. The molecule has 0 amide bonds. The fourth-order valence-electron chi connectivity index (χ4n) is 2.48. The minimum atomic E-state index is 0.300. The van der Waals surface area contributed by atoms with Crippen molar-refractivity contribution in [3.8, 4) is 0 Å². The molecular weight excluding hydrogens is 242 g/mol. The van der Waals surface area contributed by atoms with Crippen LogP contribution in [0.1, 0.15) is 47.7 Å². The molecule has 1 aliphatic heterocycles. The molecule has 1 aliphatic rings. The molecule has 0 aliphatic carbocycles. The Hall–Kier alpha value is -0.670. The van der Waals surface area contributed by atoms with Gasteiger partial charge in [0.15, 0.2) is 5.78 Å². The third-order valence-corrected chi connectivity index (χ3v) is 5.03. The standard InChI is InChI=1S/C15H23NOS/c1-3-13-6-7-15(18-13)14(17)11-16-9-4-5-12(2)8-10-16/h6-7,12H,3-5,8-11H2,1-2H3. The number of rotatable bonds is 4. The van der Waals surface area contributed by atoms with Gasteiger partial charge in [0, 0.05) is 4.88 Å². The minimum absolute atomic E-state index is 0.300. The molecule has 2 rings (SSSR count). The van der Waals surface area contributed by atoms with Crippen LogP contribution in [0.2, 0.25) is 0 Å². The Bertz CT molecular complexity index is 399. The monoisotopic (exact) mass is 265 g/mol. The lowest BCUT2D eigenvalue weighted by atomic mass is 10.0. The molecule has 1 fully saturated rings. The Labute approximate surface area is 114 Å². The quantitative estimate of drug-likeness (QED) is 0.775. The van der Waals surface area contributed by atoms with Crippen molar-refractivity contribution in [3.05, 3.63) is 21.9 Å². The maximum atomic E-state index is 12.2. The topological polar surface area (TPSA) is 20.3 Å². The van der Waals surface area contributed by atoms with Gasteiger partial charge in [0.2, 0.25) is 0 Å². The Balaban J connectivity index is 1.90. The molecule has 1 aromatic rings. The molecule has 0 aromatic carbocycles. The Morgan fingerprint density at radius 3 is 2.94 bits per heavy atom. The molecule has 1 aromatic heterocycles. The number of ketones is 1. The van der Waals surface area contributed by atoms with Gasteiger partial charge in [-0.05, 0) is 56.8 Å². The molecule has 1 unspecified atom stereocenters. The van der Waals surface area contributed by atoms with Crippen molar-refractivity contribution >= 4 is 17.1 Å². The first-order valence-corrected chi connectivity index (χ1v) is 7.85. The van der Waals surface area contributed by atoms with E-state index in [1.165, 1.54) is 24.1 Å². The lowest BCUT2D eigenvalue weighted by molar-refractivity contribution is 0.0936. The van der Waals surface area contributed by atoms with Gasteiger partial charge in [0.25, 0.3) is 0 Å². The van der Waals surface area contributed by atoms with Crippen LogP contribution in [0, 0.1) is 5.92 Å². The van der Waals surface area contributed by atoms with Gasteiger partial charge in [-0.1, -0.05) is 13.8 Å². The van der Waals surface area contributed by atoms with Crippen LogP contribution in [0.15, 0.2) is 12.1 Å². The van der Waals surface area contributed by atoms with E-state index in [0.717, 1.165) is 30.3 Å². The van der Waals surface area contributed by atoms with E-state index in [9.17, 15) is 4.79 Å². The first-order chi connectivity index (χ1) is 8.69. The predicted molar refractivity (Wildman–Crippen MR) is 77.5 cm³/mol. The van der Waals surface area contributed by atoms with Crippen molar-refractivity contribution in [2.45, 2.75) is 39.5 Å². The third kappa shape index (κ3) is 3.66. The smallest absolute Gasteiger partial charge is 0.186 e. The summed E-state index contributed by atoms with van der Waals surface area (Å²) in [5.41, 5.74) is 0. The number of Topliss-reactive ketones (excluding diaryl/α,β-unsaturated/α-hetero) is 1. The van der Waals surface area contributed by atoms with Gasteiger partial charge in [-0.15, -0.1) is 11.3 Å². The van der Waals surface area contributed by atoms with Crippen LogP contribution in [-0.2, 0) is 6.42 Å². The lowest BCUT2D eigenvalue weighted by Crippen LogP contribution is -2.30. The minimum Gasteiger partial charge on any atom is -0.296 e. The van der Waals surface area contributed by atoms with Gasteiger partial charge in [-0.2, -0.15) is 0 Å². The highest BCUT2D eigenvalue weighted by Gasteiger charge is 2.17. The molecule has 18 heavy (non-hydrogen) atoms. The average Bonchev–Trinajstić information content (AvgIpc) is 2.76. The van der Waals surface area contributed by atoms with Crippen LogP contribution in [0.3, 0.4) is 0 Å². The summed E-state index contributed by atoms with van der Waals surface area (Å²) in [6.45, 7) is 7.23. The highest BCUT2D eigenvalue weighted by atomic mass is 32.1. The van der Waals surface area contributed by atoms with E-state index in [1.807, 2.05) is 6.07 Å². The summed E-state index contributed by atoms with van der Waals surface area (Å²) in [4.78, 5) is 16.8. The van der Waals surface area contributed by atoms with Crippen LogP contribution in [0.25, 0.3) is 0 Å². The van der Waals surface area contributed by atoms with Crippen molar-refractivity contribution < 1.29 is 4.79 Å². The lowest BCUT2D eigenvalue weighted by Gasteiger charge is -2.18. The van der Waals surface area contributed by atoms with Gasteiger partial charge in [0.1, 0.15) is 0 Å². The summed E-state index contributed by atoms with van der Waals surface area (Å²) in [6, 6.07) is 4.08. The summed E-state index contributed by atoms with van der Waals surface area (Å²) >= 11 is 1.66. The number of likely N-dealkylation sites (tertiary alicyclic amines) is 1. The molecule has 0 saturated carbocycles. The molecule has 2 nitrogen and oxygen atoms in total. The molecule has 0 N–H and O–H groups in total. The third-order valence-electron chi connectivity index (χ3n) is 3.76. The van der Waals surface area contributed by atoms with E-state index in [-0.39, 0.29) is 0 Å². The second kappa shape index (κ2) is 6.48. The van der Waals surface area contributed by atoms with E-state index >= 15 is 0 Å². The summed E-state index contributed by atoms with van der Waals surface area (Å²) in [5.74, 6) is 1.12. The van der Waals surface area contributed by atoms with Crippen LogP contribution in [0.4, 0.5) is 0 Å². The Morgan fingerprint density at radius 1 is 1.39 bits per heavy atom. The molecule has 1 saturated heterocycles. The molecular formula is C15H23NOS. The van der Waals surface area contributed by atoms with Crippen LogP contribution < -0.4 is 0 Å². The Kier molecular flexibility index (Phi) is 4.95. The molecule has 0 radical (unpaired) electrons. The molecule has 100 valence electrons. The van der Waals surface area contributed by atoms with Crippen LogP contribution in [-0.4, -0.2) is 30.3 Å². The van der Waals surface area contributed by atoms with E-state index in [2.05, 4.69) is 24.8 Å². The molecule has 2 heterocycles. The van der Waals surface area contributed by atoms with Crippen molar-refractivity contribution in [1.82, 2.24) is 4.90 Å². The van der Waals surface area contributed by atoms with E-state index in [4.69, 9.17) is 0 Å². The fourth-order valence-corrected chi connectivity index (χ4v) is 3.36. The summed E-state index contributed by atoms with van der Waals surface area (Å²) in [5, 5.41) is 0. The number of hydrogen-bond donors (Lipinski definition) is 0. The maximum absolute atomic E-state index is 12.2. The number of carbonyl (C=O) groups excluding carboxylic acids is 1. The average molecular weight is 265 g/mol. The zero-order chi connectivity index (χ0) is 13.0. The second-order valence-electron chi connectivity index (χ2n) is 5.35. The van der Waals surface area contributed by atoms with E-state index in [0.29, 0.717) is 12.3 Å². The summed E-state index contributed by atoms with van der Waals surface area (Å²) in [7, 11) is 0. The SMILES string of the molecule is CCc1ccc(C(=O)CN2CCCC(C)CC2)s1. The molecule has 1 atom stereocenters. The number of nitrogens with zero attached hydrogens (tertiary/aromatic N) is 1. The zero-order valence-electron chi connectivity index (χ0n) is 11.4. The Morgan fingerprint density at radius 2 is 2.22 bits per heavy atom. The normalized spacial score (nSPS) is 21.8. The molecule has 0 spiro atoms. The number of aryl methyl sites for hydroxylation is 1. The van der Waals surface area contributed by atoms with Gasteiger partial charge in [-0.3, -0.25) is 9.69 Å². The van der Waals surface area contributed by atoms with Gasteiger partial charge in [0.05, 0.1) is 11.4 Å². The van der Waals surface area contributed by atoms with Crippen molar-refractivity contribution in [2.24, 2.45) is 5.92 Å². The summed E-state index contributed by atoms with van der Waals surface area (Å²) < 4.78 is 0. The largest absolute Gasteiger partial charge is 0.296 e. The van der Waals surface area contributed by atoms with E-state index in [1.54, 1.807) is 11.3 Å². The number of carbonyl (C=O) groups is 1. The van der Waals surface area contributed by atoms with Crippen molar-refractivity contribution in [3.63, 3.8) is 0 Å². The van der Waals surface area contributed by atoms with Crippen molar-refractivity contribution in [2.75, 3.05) is 19.6 Å². The van der Waals surface area contributed by atoms with Gasteiger partial charge >= 0.3 is 0 Å². The molecule has 3 heteroatoms. The second-order valence-corrected chi connectivity index (χ2v) is 6.52. The first kappa shape index (κ1) is 13.8. The fraction of sp³-hybridized carbons (Fsp3) is 0.667. The summed E-state index contributed by atoms with van der Waals surface area (Å²) in [6.07, 6.45) is 4.81. The van der Waals surface area contributed by atoms with E-state index < -0.39 is 0 Å². The van der Waals surface area contributed by atoms with Gasteiger partial charge < -0.3 is 0 Å². The van der Waals surface area contributed by atoms with Crippen molar-refractivity contribution in [1.29, 1.82) is 0 Å². The number of thiophene rings is 1. The first-order valence-electron chi connectivity index (χ1n) is 7.03. The van der Waals surface area contributed by atoms with Gasteiger partial charge in [-0.25, -0.2) is 0 Å². The highest BCUT2D eigenvalue weighted by Crippen LogP contribution is 2.20. The van der Waals surface area contributed by atoms with Crippen LogP contribution in [0.5, 0.6) is 0 Å². The highest BCUT2D eigenvalue weighted by molar-refractivity contribution is 7.14. The molecule has 0 bridgehead atoms.